The van der Waals surface area contributed by atoms with Crippen molar-refractivity contribution in [2.45, 2.75) is 0 Å². The van der Waals surface area contributed by atoms with E-state index < -0.39 is 5.82 Å². The van der Waals surface area contributed by atoms with Gasteiger partial charge in [-0.2, -0.15) is 0 Å². The molecule has 8 nitrogen and oxygen atoms in total. The summed E-state index contributed by atoms with van der Waals surface area (Å²) in [7, 11) is 5.13. The molecule has 0 spiro atoms. The van der Waals surface area contributed by atoms with Gasteiger partial charge in [-0.05, 0) is 6.07 Å². The summed E-state index contributed by atoms with van der Waals surface area (Å²) >= 11 is 0. The maximum absolute atomic E-state index is 14.5. The zero-order valence-electron chi connectivity index (χ0n) is 15.0. The second kappa shape index (κ2) is 6.60. The molecule has 0 radical (unpaired) electrons. The first kappa shape index (κ1) is 16.8. The first-order valence-electron chi connectivity index (χ1n) is 8.26. The molecule has 9 heteroatoms. The molecular formula is C18H18FN7O. The first-order chi connectivity index (χ1) is 13.1. The largest absolute Gasteiger partial charge is 0.478 e. The minimum atomic E-state index is -0.505. The number of hydrogen-bond acceptors (Lipinski definition) is 6. The third-order valence-electron chi connectivity index (χ3n) is 4.22. The topological polar surface area (TPSA) is 92.7 Å². The van der Waals surface area contributed by atoms with E-state index in [4.69, 9.17) is 4.74 Å². The van der Waals surface area contributed by atoms with Crippen LogP contribution in [0.15, 0.2) is 36.8 Å². The number of rotatable bonds is 5. The smallest absolute Gasteiger partial charge is 0.256 e. The molecule has 0 fully saturated rings. The number of ether oxygens (including phenoxy) is 1. The van der Waals surface area contributed by atoms with Crippen molar-refractivity contribution in [2.24, 2.45) is 7.05 Å². The fraction of sp³-hybridized carbons (Fsp3) is 0.167. The van der Waals surface area contributed by atoms with Gasteiger partial charge < -0.3 is 20.4 Å². The highest BCUT2D eigenvalue weighted by Crippen LogP contribution is 2.33. The Labute approximate surface area is 154 Å². The van der Waals surface area contributed by atoms with Gasteiger partial charge in [0.1, 0.15) is 11.4 Å². The molecular weight excluding hydrogens is 349 g/mol. The van der Waals surface area contributed by atoms with Gasteiger partial charge in [0.05, 0.1) is 30.7 Å². The maximum atomic E-state index is 14.5. The Bertz CT molecular complexity index is 1120. The fourth-order valence-corrected chi connectivity index (χ4v) is 3.00. The summed E-state index contributed by atoms with van der Waals surface area (Å²) in [5.74, 6) is 0.143. The zero-order chi connectivity index (χ0) is 19.0. The van der Waals surface area contributed by atoms with Gasteiger partial charge in [0.15, 0.2) is 5.82 Å². The number of aryl methyl sites for hydroxylation is 1. The molecule has 0 bridgehead atoms. The Morgan fingerprint density at radius 2 is 2.11 bits per heavy atom. The van der Waals surface area contributed by atoms with Crippen molar-refractivity contribution < 1.29 is 9.13 Å². The summed E-state index contributed by atoms with van der Waals surface area (Å²) < 4.78 is 21.3. The fourth-order valence-electron chi connectivity index (χ4n) is 3.00. The number of benzene rings is 1. The maximum Gasteiger partial charge on any atom is 0.256 e. The molecule has 0 saturated carbocycles. The number of nitrogens with one attached hydrogen (secondary N) is 3. The van der Waals surface area contributed by atoms with Crippen LogP contribution in [0.25, 0.3) is 22.2 Å². The van der Waals surface area contributed by atoms with Crippen molar-refractivity contribution in [3.05, 3.63) is 42.6 Å². The Morgan fingerprint density at radius 3 is 2.89 bits per heavy atom. The molecule has 0 saturated heterocycles. The van der Waals surface area contributed by atoms with Gasteiger partial charge in [0.2, 0.25) is 5.95 Å². The van der Waals surface area contributed by atoms with Crippen molar-refractivity contribution in [1.82, 2.24) is 24.7 Å². The van der Waals surface area contributed by atoms with Crippen LogP contribution in [0.3, 0.4) is 0 Å². The minimum absolute atomic E-state index is 0.204. The molecule has 0 unspecified atom stereocenters. The van der Waals surface area contributed by atoms with Crippen molar-refractivity contribution >= 4 is 28.2 Å². The van der Waals surface area contributed by atoms with Crippen LogP contribution in [0.2, 0.25) is 0 Å². The number of para-hydroxylation sites is 1. The number of halogens is 1. The zero-order valence-corrected chi connectivity index (χ0v) is 15.0. The number of aromatic nitrogens is 5. The Balaban J connectivity index is 1.77. The van der Waals surface area contributed by atoms with E-state index in [1.807, 2.05) is 25.2 Å². The Hall–Kier alpha value is -3.62. The van der Waals surface area contributed by atoms with Gasteiger partial charge in [-0.3, -0.25) is 4.68 Å². The number of aromatic amines is 1. The Morgan fingerprint density at radius 1 is 1.26 bits per heavy atom. The normalized spacial score (nSPS) is 11.0. The van der Waals surface area contributed by atoms with Gasteiger partial charge in [0.25, 0.3) is 5.88 Å². The molecule has 0 aliphatic carbocycles. The summed E-state index contributed by atoms with van der Waals surface area (Å²) in [6.07, 6.45) is 4.62. The van der Waals surface area contributed by atoms with Crippen LogP contribution >= 0.6 is 0 Å². The van der Waals surface area contributed by atoms with Crippen LogP contribution in [-0.2, 0) is 7.05 Å². The second-order valence-corrected chi connectivity index (χ2v) is 5.92. The number of hydrogen-bond donors (Lipinski definition) is 3. The molecule has 1 aromatic carbocycles. The van der Waals surface area contributed by atoms with Crippen molar-refractivity contribution in [1.29, 1.82) is 0 Å². The SMILES string of the molecule is CNc1cccc2c(-c3nc(Nc4cn(C)nc4OC)ncc3F)c[nH]c12. The molecule has 3 heterocycles. The number of nitrogens with zero attached hydrogens (tertiary/aromatic N) is 4. The summed E-state index contributed by atoms with van der Waals surface area (Å²) in [6.45, 7) is 0. The van der Waals surface area contributed by atoms with E-state index in [9.17, 15) is 4.39 Å². The van der Waals surface area contributed by atoms with Gasteiger partial charge >= 0.3 is 0 Å². The van der Waals surface area contributed by atoms with Gasteiger partial charge in [-0.15, -0.1) is 5.10 Å². The molecule has 138 valence electrons. The molecule has 4 aromatic rings. The van der Waals surface area contributed by atoms with Crippen LogP contribution in [0.4, 0.5) is 21.7 Å². The quantitative estimate of drug-likeness (QED) is 0.501. The van der Waals surface area contributed by atoms with Gasteiger partial charge in [-0.25, -0.2) is 14.4 Å². The summed E-state index contributed by atoms with van der Waals surface area (Å²) in [4.78, 5) is 11.6. The van der Waals surface area contributed by atoms with Crippen LogP contribution < -0.4 is 15.4 Å². The molecule has 0 aliphatic rings. The van der Waals surface area contributed by atoms with Crippen molar-refractivity contribution in [3.8, 4) is 17.1 Å². The van der Waals surface area contributed by atoms with E-state index in [0.717, 1.165) is 22.8 Å². The molecule has 4 rings (SSSR count). The van der Waals surface area contributed by atoms with Crippen LogP contribution in [0.5, 0.6) is 5.88 Å². The van der Waals surface area contributed by atoms with Crippen LogP contribution in [0, 0.1) is 5.82 Å². The average Bonchev–Trinajstić information content (AvgIpc) is 3.26. The summed E-state index contributed by atoms with van der Waals surface area (Å²) in [5, 5.41) is 11.2. The Kier molecular flexibility index (Phi) is 4.11. The van der Waals surface area contributed by atoms with E-state index in [0.29, 0.717) is 17.1 Å². The number of methoxy groups -OCH3 is 1. The first-order valence-corrected chi connectivity index (χ1v) is 8.26. The standard InChI is InChI=1S/C18H18FN7O/c1-20-13-6-4-5-10-11(7-21-16(10)13)15-12(19)8-22-18(24-15)23-14-9-26(2)25-17(14)27-3/h4-9,20-21H,1-3H3,(H,22,23,24). The van der Waals surface area contributed by atoms with Gasteiger partial charge in [0, 0.05) is 31.2 Å². The monoisotopic (exact) mass is 367 g/mol. The predicted octanol–water partition coefficient (Wildman–Crippen LogP) is 3.29. The van der Waals surface area contributed by atoms with E-state index >= 15 is 0 Å². The summed E-state index contributed by atoms with van der Waals surface area (Å²) in [5.41, 5.74) is 3.26. The molecule has 3 N–H and O–H groups in total. The number of anilines is 3. The third-order valence-corrected chi connectivity index (χ3v) is 4.22. The van der Waals surface area contributed by atoms with Gasteiger partial charge in [-0.1, -0.05) is 12.1 Å². The van der Waals surface area contributed by atoms with E-state index in [-0.39, 0.29) is 11.6 Å². The summed E-state index contributed by atoms with van der Waals surface area (Å²) in [6, 6.07) is 5.77. The van der Waals surface area contributed by atoms with E-state index in [1.54, 1.807) is 24.1 Å². The lowest BCUT2D eigenvalue weighted by Crippen LogP contribution is -2.01. The molecule has 0 atom stereocenters. The lowest BCUT2D eigenvalue weighted by molar-refractivity contribution is 0.393. The molecule has 0 aliphatic heterocycles. The van der Waals surface area contributed by atoms with E-state index in [1.165, 1.54) is 7.11 Å². The highest BCUT2D eigenvalue weighted by molar-refractivity contribution is 6.01. The molecule has 27 heavy (non-hydrogen) atoms. The minimum Gasteiger partial charge on any atom is -0.478 e. The average molecular weight is 367 g/mol. The van der Waals surface area contributed by atoms with E-state index in [2.05, 4.69) is 30.7 Å². The number of fused-ring (bicyclic) bond motifs is 1. The van der Waals surface area contributed by atoms with Crippen molar-refractivity contribution in [3.63, 3.8) is 0 Å². The van der Waals surface area contributed by atoms with Crippen LogP contribution in [0.1, 0.15) is 0 Å². The molecule has 3 aromatic heterocycles. The highest BCUT2D eigenvalue weighted by atomic mass is 19.1. The lowest BCUT2D eigenvalue weighted by atomic mass is 10.1. The lowest BCUT2D eigenvalue weighted by Gasteiger charge is -2.07. The third kappa shape index (κ3) is 2.92. The second-order valence-electron chi connectivity index (χ2n) is 5.92. The highest BCUT2D eigenvalue weighted by Gasteiger charge is 2.16. The molecule has 0 amide bonds. The predicted molar refractivity (Wildman–Crippen MR) is 102 cm³/mol. The van der Waals surface area contributed by atoms with Crippen molar-refractivity contribution in [2.75, 3.05) is 24.8 Å². The number of H-pyrrole nitrogens is 1. The van der Waals surface area contributed by atoms with Crippen LogP contribution in [-0.4, -0.2) is 38.9 Å².